The van der Waals surface area contributed by atoms with Gasteiger partial charge in [0.25, 0.3) is 10.0 Å². The monoisotopic (exact) mass is 487 g/mol. The van der Waals surface area contributed by atoms with Crippen molar-refractivity contribution in [1.82, 2.24) is 13.5 Å². The van der Waals surface area contributed by atoms with Crippen LogP contribution in [0.1, 0.15) is 51.9 Å². The molecule has 0 saturated heterocycles. The molecule has 3 aromatic rings. The second kappa shape index (κ2) is 8.74. The van der Waals surface area contributed by atoms with E-state index in [9.17, 15) is 18.1 Å². The molecule has 0 bridgehead atoms. The third kappa shape index (κ3) is 5.74. The van der Waals surface area contributed by atoms with Gasteiger partial charge in [-0.2, -0.15) is 0 Å². The number of thiophene rings is 1. The molecule has 0 spiro atoms. The molecule has 170 valence electrons. The van der Waals surface area contributed by atoms with E-state index in [4.69, 9.17) is 4.42 Å². The van der Waals surface area contributed by atoms with Crippen LogP contribution in [0.2, 0.25) is 0 Å². The van der Waals surface area contributed by atoms with Crippen molar-refractivity contribution in [3.05, 3.63) is 34.5 Å². The van der Waals surface area contributed by atoms with Gasteiger partial charge in [-0.3, -0.25) is 4.99 Å². The van der Waals surface area contributed by atoms with E-state index in [1.807, 2.05) is 6.07 Å². The van der Waals surface area contributed by atoms with E-state index in [0.29, 0.717) is 11.7 Å². The van der Waals surface area contributed by atoms with Crippen molar-refractivity contribution in [2.24, 2.45) is 4.99 Å². The fourth-order valence-electron chi connectivity index (χ4n) is 2.60. The van der Waals surface area contributed by atoms with E-state index in [1.54, 1.807) is 27.0 Å². The summed E-state index contributed by atoms with van der Waals surface area (Å²) in [6, 6.07) is 1.90. The molecule has 31 heavy (non-hydrogen) atoms. The summed E-state index contributed by atoms with van der Waals surface area (Å²) in [7, 11) is -3.92. The number of H-pyrrole nitrogens is 1. The summed E-state index contributed by atoms with van der Waals surface area (Å²) in [6.07, 6.45) is 1.67. The number of rotatable bonds is 7. The molecule has 3 rings (SSSR count). The van der Waals surface area contributed by atoms with Gasteiger partial charge in [0, 0.05) is 15.3 Å². The van der Waals surface area contributed by atoms with E-state index in [-0.39, 0.29) is 27.7 Å². The molecule has 0 radical (unpaired) electrons. The molecule has 0 aliphatic carbocycles. The highest BCUT2D eigenvalue weighted by molar-refractivity contribution is 7.91. The molecule has 0 amide bonds. The summed E-state index contributed by atoms with van der Waals surface area (Å²) in [5.41, 5.74) is 0.668. The Bertz CT molecular complexity index is 1230. The molecule has 1 unspecified atom stereocenters. The Morgan fingerprint density at radius 1 is 1.42 bits per heavy atom. The summed E-state index contributed by atoms with van der Waals surface area (Å²) < 4.78 is 51.2. The number of sulfonamides is 1. The summed E-state index contributed by atoms with van der Waals surface area (Å²) in [5, 5.41) is 14.7. The summed E-state index contributed by atoms with van der Waals surface area (Å²) >= 11 is -0.886. The quantitative estimate of drug-likeness (QED) is 0.371. The Hall–Kier alpha value is -2.19. The molecule has 0 aliphatic heterocycles. The lowest BCUT2D eigenvalue weighted by atomic mass is 10.1. The van der Waals surface area contributed by atoms with Crippen LogP contribution in [0.4, 0.5) is 11.5 Å². The van der Waals surface area contributed by atoms with E-state index in [2.05, 4.69) is 37.6 Å². The van der Waals surface area contributed by atoms with Gasteiger partial charge in [0.05, 0.1) is 18.5 Å². The first-order valence-corrected chi connectivity index (χ1v) is 12.8. The zero-order chi connectivity index (χ0) is 23.0. The number of furan rings is 1. The predicted octanol–water partition coefficient (Wildman–Crippen LogP) is 3.54. The fraction of sp³-hybridized carbons (Fsp3) is 0.444. The lowest BCUT2D eigenvalue weighted by Gasteiger charge is -2.19. The number of anilines is 2. The van der Waals surface area contributed by atoms with Crippen molar-refractivity contribution in [3.63, 3.8) is 0 Å². The van der Waals surface area contributed by atoms with Gasteiger partial charge >= 0.3 is 0 Å². The van der Waals surface area contributed by atoms with Gasteiger partial charge in [0.1, 0.15) is 5.76 Å². The molecule has 0 fully saturated rings. The maximum atomic E-state index is 12.5. The van der Waals surface area contributed by atoms with Crippen molar-refractivity contribution in [3.8, 4) is 5.75 Å². The second-order valence-corrected chi connectivity index (χ2v) is 11.9. The number of nitrogens with one attached hydrogen (secondary N) is 3. The van der Waals surface area contributed by atoms with Crippen LogP contribution in [-0.4, -0.2) is 32.4 Å². The van der Waals surface area contributed by atoms with Gasteiger partial charge in [-0.05, 0) is 38.3 Å². The number of aromatic hydroxyl groups is 1. The zero-order valence-electron chi connectivity index (χ0n) is 17.7. The first kappa shape index (κ1) is 23.5. The van der Waals surface area contributed by atoms with Crippen LogP contribution in [0, 0.1) is 0 Å². The standard InChI is InChI=1S/C18H25N5O5S3/c1-10(2)11-6-12(28-8-11)7-19-15-16(22-30(25)21-15)20-13-9-29-17(14(13)24)31(26,27)23-18(3,4)5/h6,8-10,23-24H,7H2,1-5H3,(H,19,21)(H,20,22). The van der Waals surface area contributed by atoms with Gasteiger partial charge < -0.3 is 19.4 Å². The Labute approximate surface area is 187 Å². The molecule has 10 nitrogen and oxygen atoms in total. The Morgan fingerprint density at radius 3 is 2.74 bits per heavy atom. The topological polar surface area (TPSA) is 156 Å². The first-order valence-electron chi connectivity index (χ1n) is 9.36. The fourth-order valence-corrected chi connectivity index (χ4v) is 5.93. The van der Waals surface area contributed by atoms with Crippen LogP contribution in [0.5, 0.6) is 5.75 Å². The normalized spacial score (nSPS) is 13.9. The van der Waals surface area contributed by atoms with Crippen LogP contribution in [0.25, 0.3) is 0 Å². The minimum absolute atomic E-state index is 0.117. The third-order valence-corrected chi connectivity index (χ3v) is 7.97. The molecule has 3 heterocycles. The third-order valence-electron chi connectivity index (χ3n) is 3.99. The Kier molecular flexibility index (Phi) is 6.62. The van der Waals surface area contributed by atoms with E-state index in [0.717, 1.165) is 16.9 Å². The zero-order valence-corrected chi connectivity index (χ0v) is 20.2. The van der Waals surface area contributed by atoms with Gasteiger partial charge in [0.15, 0.2) is 21.1 Å². The van der Waals surface area contributed by atoms with E-state index >= 15 is 0 Å². The number of aromatic amines is 1. The molecule has 0 aromatic carbocycles. The minimum Gasteiger partial charge on any atom is -0.548 e. The van der Waals surface area contributed by atoms with Crippen molar-refractivity contribution in [1.29, 1.82) is 0 Å². The SMILES string of the molecule is CC(C)c1coc(CN=c2[nH][s+]([O-])nc2Nc2csc(S(=O)(=O)NC(C)(C)C)c2O)c1. The minimum atomic E-state index is -3.92. The average Bonchev–Trinajstić information content (AvgIpc) is 3.31. The first-order chi connectivity index (χ1) is 14.4. The maximum Gasteiger partial charge on any atom is 0.254 e. The van der Waals surface area contributed by atoms with Crippen LogP contribution in [0.15, 0.2) is 31.3 Å². The van der Waals surface area contributed by atoms with Gasteiger partial charge in [-0.25, -0.2) is 13.1 Å². The van der Waals surface area contributed by atoms with Crippen LogP contribution in [-0.2, 0) is 16.6 Å². The lowest BCUT2D eigenvalue weighted by molar-refractivity contribution is 0.460. The number of hydrogen-bond donors (Lipinski definition) is 4. The maximum absolute atomic E-state index is 12.5. The van der Waals surface area contributed by atoms with E-state index in [1.165, 1.54) is 5.38 Å². The number of aromatic nitrogens is 2. The highest BCUT2D eigenvalue weighted by atomic mass is 32.2. The molecule has 0 aliphatic rings. The second-order valence-electron chi connectivity index (χ2n) is 8.22. The lowest BCUT2D eigenvalue weighted by Crippen LogP contribution is -2.40. The van der Waals surface area contributed by atoms with Gasteiger partial charge in [0.2, 0.25) is 11.3 Å². The molecule has 0 saturated carbocycles. The predicted molar refractivity (Wildman–Crippen MR) is 119 cm³/mol. The average molecular weight is 488 g/mol. The number of hydrogen-bond acceptors (Lipinski definition) is 9. The molecule has 1 atom stereocenters. The molecule has 3 aromatic heterocycles. The van der Waals surface area contributed by atoms with Crippen LogP contribution < -0.4 is 15.5 Å². The van der Waals surface area contributed by atoms with E-state index < -0.39 is 32.5 Å². The molecule has 4 N–H and O–H groups in total. The molecule has 13 heteroatoms. The van der Waals surface area contributed by atoms with Crippen LogP contribution >= 0.6 is 22.5 Å². The van der Waals surface area contributed by atoms with Crippen molar-refractivity contribution in [2.45, 2.75) is 56.8 Å². The smallest absolute Gasteiger partial charge is 0.254 e. The molecular weight excluding hydrogens is 462 g/mol. The summed E-state index contributed by atoms with van der Waals surface area (Å²) in [4.78, 5) is 4.34. The largest absolute Gasteiger partial charge is 0.548 e. The van der Waals surface area contributed by atoms with Crippen molar-refractivity contribution >= 4 is 44.0 Å². The Balaban J connectivity index is 1.85. The van der Waals surface area contributed by atoms with Gasteiger partial charge in [-0.1, -0.05) is 13.8 Å². The van der Waals surface area contributed by atoms with Crippen molar-refractivity contribution in [2.75, 3.05) is 5.32 Å². The van der Waals surface area contributed by atoms with Gasteiger partial charge in [-0.15, -0.1) is 15.7 Å². The Morgan fingerprint density at radius 2 is 2.13 bits per heavy atom. The summed E-state index contributed by atoms with van der Waals surface area (Å²) in [5.74, 6) is 0.625. The van der Waals surface area contributed by atoms with Crippen molar-refractivity contribution < 1.29 is 22.5 Å². The highest BCUT2D eigenvalue weighted by Crippen LogP contribution is 2.39. The summed E-state index contributed by atoms with van der Waals surface area (Å²) in [6.45, 7) is 9.40. The number of nitrogens with zero attached hydrogens (tertiary/aromatic N) is 2. The molecular formula is C18H25N5O5S3. The highest BCUT2D eigenvalue weighted by Gasteiger charge is 2.28. The van der Waals surface area contributed by atoms with Crippen LogP contribution in [0.3, 0.4) is 0 Å².